The number of rotatable bonds is 7. The highest BCUT2D eigenvalue weighted by Gasteiger charge is 2.15. The van der Waals surface area contributed by atoms with Crippen LogP contribution in [-0.2, 0) is 6.42 Å². The molecule has 2 aromatic carbocycles. The summed E-state index contributed by atoms with van der Waals surface area (Å²) in [6.07, 6.45) is 1.80. The number of pyridine rings is 1. The number of alkyl halides is 2. The number of anilines is 1. The summed E-state index contributed by atoms with van der Waals surface area (Å²) in [5, 5.41) is 2.63. The summed E-state index contributed by atoms with van der Waals surface area (Å²) in [4.78, 5) is 27.7. The van der Waals surface area contributed by atoms with Crippen LogP contribution in [-0.4, -0.2) is 17.5 Å². The van der Waals surface area contributed by atoms with E-state index in [1.54, 1.807) is 24.3 Å². The fourth-order valence-corrected chi connectivity index (χ4v) is 3.25. The van der Waals surface area contributed by atoms with Gasteiger partial charge in [-0.1, -0.05) is 30.3 Å². The van der Waals surface area contributed by atoms with Crippen molar-refractivity contribution in [3.8, 4) is 17.2 Å². The lowest BCUT2D eigenvalue weighted by atomic mass is 10.0. The maximum Gasteiger partial charge on any atom is 0.387 e. The molecule has 0 atom stereocenters. The Balaban J connectivity index is 1.57. The summed E-state index contributed by atoms with van der Waals surface area (Å²) in [5.74, 6) is -0.151. The van der Waals surface area contributed by atoms with Crippen LogP contribution in [0.15, 0.2) is 88.3 Å². The van der Waals surface area contributed by atoms with Crippen LogP contribution in [0.4, 0.5) is 14.5 Å². The average Bonchev–Trinajstić information content (AvgIpc) is 3.31. The van der Waals surface area contributed by atoms with E-state index >= 15 is 0 Å². The Morgan fingerprint density at radius 2 is 1.84 bits per heavy atom. The van der Waals surface area contributed by atoms with E-state index in [9.17, 15) is 18.4 Å². The van der Waals surface area contributed by atoms with Crippen molar-refractivity contribution in [2.45, 2.75) is 13.0 Å². The fraction of sp³-hybridized carbons (Fsp3) is 0.0833. The van der Waals surface area contributed by atoms with E-state index in [2.05, 4.69) is 15.0 Å². The Kier molecular flexibility index (Phi) is 6.12. The van der Waals surface area contributed by atoms with E-state index in [1.807, 2.05) is 30.3 Å². The van der Waals surface area contributed by atoms with Crippen LogP contribution in [0.5, 0.6) is 5.75 Å². The van der Waals surface area contributed by atoms with Crippen molar-refractivity contribution in [2.24, 2.45) is 0 Å². The van der Waals surface area contributed by atoms with E-state index in [-0.39, 0.29) is 11.3 Å². The lowest BCUT2D eigenvalue weighted by Gasteiger charge is -2.13. The number of aromatic amines is 1. The highest BCUT2D eigenvalue weighted by molar-refractivity contribution is 6.04. The standard InChI is InChI=1S/C24H18F2N2O4/c25-24(26)32-20-11-8-17(14-16(20)13-15-5-2-1-3-6-15)27-22(29)18-9-10-19(28-23(18)30)21-7-4-12-31-21/h1-12,14,24H,13H2,(H,27,29)(H,28,30). The lowest BCUT2D eigenvalue weighted by molar-refractivity contribution is -0.0503. The Morgan fingerprint density at radius 1 is 1.03 bits per heavy atom. The summed E-state index contributed by atoms with van der Waals surface area (Å²) in [6.45, 7) is -2.98. The first kappa shape index (κ1) is 21.0. The molecule has 0 unspecified atom stereocenters. The number of carbonyl (C=O) groups excluding carboxylic acids is 1. The largest absolute Gasteiger partial charge is 0.463 e. The molecule has 0 radical (unpaired) electrons. The molecule has 0 spiro atoms. The van der Waals surface area contributed by atoms with Crippen molar-refractivity contribution in [1.82, 2.24) is 4.98 Å². The first-order valence-electron chi connectivity index (χ1n) is 9.70. The first-order valence-corrected chi connectivity index (χ1v) is 9.70. The molecule has 4 aromatic rings. The molecule has 2 aromatic heterocycles. The molecule has 0 fully saturated rings. The molecule has 0 bridgehead atoms. The minimum absolute atomic E-state index is 0.0162. The molecule has 0 aliphatic carbocycles. The van der Waals surface area contributed by atoms with Crippen LogP contribution >= 0.6 is 0 Å². The zero-order valence-corrected chi connectivity index (χ0v) is 16.7. The van der Waals surface area contributed by atoms with Gasteiger partial charge in [-0.15, -0.1) is 0 Å². The van der Waals surface area contributed by atoms with Gasteiger partial charge in [-0.2, -0.15) is 8.78 Å². The normalized spacial score (nSPS) is 10.8. The fourth-order valence-electron chi connectivity index (χ4n) is 3.25. The Bertz CT molecular complexity index is 1270. The van der Waals surface area contributed by atoms with E-state index < -0.39 is 18.1 Å². The monoisotopic (exact) mass is 436 g/mol. The van der Waals surface area contributed by atoms with Gasteiger partial charge in [0.15, 0.2) is 0 Å². The molecule has 0 aliphatic rings. The zero-order chi connectivity index (χ0) is 22.5. The molecule has 0 aliphatic heterocycles. The number of benzene rings is 2. The van der Waals surface area contributed by atoms with Gasteiger partial charge in [0.25, 0.3) is 11.5 Å². The summed E-state index contributed by atoms with van der Waals surface area (Å²) >= 11 is 0. The topological polar surface area (TPSA) is 84.3 Å². The number of H-pyrrole nitrogens is 1. The number of carbonyl (C=O) groups is 1. The zero-order valence-electron chi connectivity index (χ0n) is 16.7. The minimum atomic E-state index is -2.98. The number of ether oxygens (including phenoxy) is 1. The van der Waals surface area contributed by atoms with E-state index in [0.29, 0.717) is 29.1 Å². The molecular weight excluding hydrogens is 418 g/mol. The second kappa shape index (κ2) is 9.30. The van der Waals surface area contributed by atoms with E-state index in [0.717, 1.165) is 5.56 Å². The Hall–Kier alpha value is -4.20. The van der Waals surface area contributed by atoms with Crippen LogP contribution in [0.25, 0.3) is 11.5 Å². The molecule has 0 saturated heterocycles. The molecular formula is C24H18F2N2O4. The summed E-state index contributed by atoms with van der Waals surface area (Å²) in [7, 11) is 0. The van der Waals surface area contributed by atoms with Gasteiger partial charge in [-0.05, 0) is 48.0 Å². The van der Waals surface area contributed by atoms with Gasteiger partial charge in [0, 0.05) is 17.7 Å². The van der Waals surface area contributed by atoms with E-state index in [1.165, 1.54) is 24.5 Å². The van der Waals surface area contributed by atoms with Crippen LogP contribution in [0.1, 0.15) is 21.5 Å². The van der Waals surface area contributed by atoms with Crippen LogP contribution in [0.3, 0.4) is 0 Å². The van der Waals surface area contributed by atoms with Crippen LogP contribution < -0.4 is 15.6 Å². The third kappa shape index (κ3) is 4.92. The molecule has 1 amide bonds. The van der Waals surface area contributed by atoms with Crippen LogP contribution in [0, 0.1) is 0 Å². The van der Waals surface area contributed by atoms with Crippen molar-refractivity contribution in [3.05, 3.63) is 106 Å². The van der Waals surface area contributed by atoms with Crippen molar-refractivity contribution < 1.29 is 22.7 Å². The van der Waals surface area contributed by atoms with Crippen molar-refractivity contribution in [1.29, 1.82) is 0 Å². The average molecular weight is 436 g/mol. The molecule has 2 heterocycles. The number of furan rings is 1. The quantitative estimate of drug-likeness (QED) is 0.423. The minimum Gasteiger partial charge on any atom is -0.463 e. The van der Waals surface area contributed by atoms with Crippen LogP contribution in [0.2, 0.25) is 0 Å². The summed E-state index contributed by atoms with van der Waals surface area (Å²) in [6, 6.07) is 19.9. The molecule has 162 valence electrons. The lowest BCUT2D eigenvalue weighted by Crippen LogP contribution is -2.23. The Morgan fingerprint density at radius 3 is 2.53 bits per heavy atom. The second-order valence-electron chi connectivity index (χ2n) is 6.91. The van der Waals surface area contributed by atoms with Gasteiger partial charge in [0.2, 0.25) is 0 Å². The van der Waals surface area contributed by atoms with Crippen molar-refractivity contribution >= 4 is 11.6 Å². The van der Waals surface area contributed by atoms with Gasteiger partial charge in [0.05, 0.1) is 12.0 Å². The smallest absolute Gasteiger partial charge is 0.387 e. The van der Waals surface area contributed by atoms with E-state index in [4.69, 9.17) is 4.42 Å². The molecule has 6 nitrogen and oxygen atoms in total. The highest BCUT2D eigenvalue weighted by atomic mass is 19.3. The second-order valence-corrected chi connectivity index (χ2v) is 6.91. The molecule has 4 rings (SSSR count). The van der Waals surface area contributed by atoms with Crippen molar-refractivity contribution in [2.75, 3.05) is 5.32 Å². The number of amides is 1. The predicted molar refractivity (Wildman–Crippen MR) is 115 cm³/mol. The number of aromatic nitrogens is 1. The van der Waals surface area contributed by atoms with Gasteiger partial charge in [0.1, 0.15) is 17.1 Å². The number of hydrogen-bond donors (Lipinski definition) is 2. The predicted octanol–water partition coefficient (Wildman–Crippen LogP) is 5.08. The number of nitrogens with one attached hydrogen (secondary N) is 2. The summed E-state index contributed by atoms with van der Waals surface area (Å²) < 4.78 is 35.5. The SMILES string of the molecule is O=C(Nc1ccc(OC(F)F)c(Cc2ccccc2)c1)c1ccc(-c2ccco2)[nH]c1=O. The highest BCUT2D eigenvalue weighted by Crippen LogP contribution is 2.27. The van der Waals surface area contributed by atoms with Gasteiger partial charge in [-0.25, -0.2) is 0 Å². The van der Waals surface area contributed by atoms with Gasteiger partial charge < -0.3 is 19.5 Å². The molecule has 0 saturated carbocycles. The maximum absolute atomic E-state index is 12.8. The third-order valence-corrected chi connectivity index (χ3v) is 4.71. The van der Waals surface area contributed by atoms with Crippen molar-refractivity contribution in [3.63, 3.8) is 0 Å². The first-order chi connectivity index (χ1) is 15.5. The molecule has 32 heavy (non-hydrogen) atoms. The van der Waals surface area contributed by atoms with Gasteiger partial charge >= 0.3 is 6.61 Å². The number of hydrogen-bond acceptors (Lipinski definition) is 4. The number of halogens is 2. The third-order valence-electron chi connectivity index (χ3n) is 4.71. The molecule has 2 N–H and O–H groups in total. The molecule has 8 heteroatoms. The Labute approximate surface area is 181 Å². The van der Waals surface area contributed by atoms with Gasteiger partial charge in [-0.3, -0.25) is 9.59 Å². The summed E-state index contributed by atoms with van der Waals surface area (Å²) in [5.41, 5.74) is 1.46. The maximum atomic E-state index is 12.8.